The second kappa shape index (κ2) is 5.82. The standard InChI is InChI=1S/C13H18N2O2S/c1-13(2,11(14)18)12(16)15-8-9-6-4-5-7-10(9)17-3/h4-7H,8H2,1-3H3,(H2,14,18)(H,15,16). The summed E-state index contributed by atoms with van der Waals surface area (Å²) in [6, 6.07) is 7.51. The highest BCUT2D eigenvalue weighted by molar-refractivity contribution is 7.80. The summed E-state index contributed by atoms with van der Waals surface area (Å²) in [7, 11) is 1.60. The Morgan fingerprint density at radius 2 is 2.06 bits per heavy atom. The van der Waals surface area contributed by atoms with E-state index in [1.54, 1.807) is 21.0 Å². The van der Waals surface area contributed by atoms with E-state index in [4.69, 9.17) is 22.7 Å². The van der Waals surface area contributed by atoms with Gasteiger partial charge in [-0.1, -0.05) is 30.4 Å². The summed E-state index contributed by atoms with van der Waals surface area (Å²) in [5.74, 6) is 0.548. The third-order valence-electron chi connectivity index (χ3n) is 2.82. The highest BCUT2D eigenvalue weighted by atomic mass is 32.1. The van der Waals surface area contributed by atoms with E-state index in [0.717, 1.165) is 11.3 Å². The maximum Gasteiger partial charge on any atom is 0.232 e. The van der Waals surface area contributed by atoms with Crippen LogP contribution in [0.1, 0.15) is 19.4 Å². The fraction of sp³-hybridized carbons (Fsp3) is 0.385. The number of methoxy groups -OCH3 is 1. The number of nitrogens with one attached hydrogen (secondary N) is 1. The third kappa shape index (κ3) is 3.20. The monoisotopic (exact) mass is 266 g/mol. The van der Waals surface area contributed by atoms with Crippen LogP contribution in [0.3, 0.4) is 0 Å². The van der Waals surface area contributed by atoms with Crippen LogP contribution in [0.4, 0.5) is 0 Å². The van der Waals surface area contributed by atoms with Gasteiger partial charge >= 0.3 is 0 Å². The number of thiocarbonyl (C=S) groups is 1. The molecule has 0 heterocycles. The first-order valence-electron chi connectivity index (χ1n) is 5.59. The van der Waals surface area contributed by atoms with E-state index in [1.807, 2.05) is 24.3 Å². The molecule has 0 aliphatic carbocycles. The summed E-state index contributed by atoms with van der Waals surface area (Å²) in [4.78, 5) is 12.1. The van der Waals surface area contributed by atoms with Crippen molar-refractivity contribution >= 4 is 23.1 Å². The van der Waals surface area contributed by atoms with Crippen molar-refractivity contribution in [1.29, 1.82) is 0 Å². The number of benzene rings is 1. The lowest BCUT2D eigenvalue weighted by atomic mass is 9.92. The highest BCUT2D eigenvalue weighted by Gasteiger charge is 2.30. The summed E-state index contributed by atoms with van der Waals surface area (Å²) in [6.45, 7) is 3.79. The molecule has 0 bridgehead atoms. The van der Waals surface area contributed by atoms with Crippen molar-refractivity contribution in [3.05, 3.63) is 29.8 Å². The molecule has 0 fully saturated rings. The highest BCUT2D eigenvalue weighted by Crippen LogP contribution is 2.19. The first-order valence-corrected chi connectivity index (χ1v) is 6.00. The molecule has 0 aliphatic rings. The maximum absolute atomic E-state index is 12.0. The molecule has 1 aromatic rings. The SMILES string of the molecule is COc1ccccc1CNC(=O)C(C)(C)C(N)=S. The lowest BCUT2D eigenvalue weighted by molar-refractivity contribution is -0.126. The molecule has 1 amide bonds. The first-order chi connectivity index (χ1) is 8.39. The van der Waals surface area contributed by atoms with Crippen LogP contribution < -0.4 is 15.8 Å². The van der Waals surface area contributed by atoms with Gasteiger partial charge < -0.3 is 15.8 Å². The fourth-order valence-electron chi connectivity index (χ4n) is 1.36. The Hall–Kier alpha value is -1.62. The lowest BCUT2D eigenvalue weighted by Gasteiger charge is -2.22. The van der Waals surface area contributed by atoms with Gasteiger partial charge in [0, 0.05) is 12.1 Å². The summed E-state index contributed by atoms with van der Waals surface area (Å²) in [5, 5.41) is 2.81. The van der Waals surface area contributed by atoms with Crippen molar-refractivity contribution < 1.29 is 9.53 Å². The smallest absolute Gasteiger partial charge is 0.232 e. The average Bonchev–Trinajstić information content (AvgIpc) is 2.35. The third-order valence-corrected chi connectivity index (χ3v) is 3.33. The van der Waals surface area contributed by atoms with Crippen LogP contribution in [0.25, 0.3) is 0 Å². The normalized spacial score (nSPS) is 10.8. The molecule has 5 heteroatoms. The van der Waals surface area contributed by atoms with Crippen LogP contribution in [0.2, 0.25) is 0 Å². The van der Waals surface area contributed by atoms with Crippen molar-refractivity contribution in [1.82, 2.24) is 5.32 Å². The van der Waals surface area contributed by atoms with Gasteiger partial charge in [0.1, 0.15) is 5.75 Å². The van der Waals surface area contributed by atoms with Crippen LogP contribution in [0, 0.1) is 5.41 Å². The Balaban J connectivity index is 2.71. The molecule has 98 valence electrons. The number of amides is 1. The van der Waals surface area contributed by atoms with Gasteiger partial charge in [0.15, 0.2) is 0 Å². The van der Waals surface area contributed by atoms with Crippen LogP contribution >= 0.6 is 12.2 Å². The summed E-state index contributed by atoms with van der Waals surface area (Å²) in [5.41, 5.74) is 5.60. The quantitative estimate of drug-likeness (QED) is 0.795. The number of hydrogen-bond donors (Lipinski definition) is 2. The minimum absolute atomic E-state index is 0.181. The van der Waals surface area contributed by atoms with Crippen LogP contribution in [0.5, 0.6) is 5.75 Å². The molecular formula is C13H18N2O2S. The molecule has 0 unspecified atom stereocenters. The molecule has 0 saturated carbocycles. The molecule has 4 nitrogen and oxygen atoms in total. The Morgan fingerprint density at radius 1 is 1.44 bits per heavy atom. The zero-order valence-corrected chi connectivity index (χ0v) is 11.6. The Labute approximate surface area is 113 Å². The van der Waals surface area contributed by atoms with E-state index in [0.29, 0.717) is 6.54 Å². The van der Waals surface area contributed by atoms with Crippen LogP contribution in [-0.2, 0) is 11.3 Å². The summed E-state index contributed by atoms with van der Waals surface area (Å²) >= 11 is 4.88. The van der Waals surface area contributed by atoms with Crippen LogP contribution in [-0.4, -0.2) is 18.0 Å². The van der Waals surface area contributed by atoms with Gasteiger partial charge in [-0.2, -0.15) is 0 Å². The average molecular weight is 266 g/mol. The molecule has 0 spiro atoms. The van der Waals surface area contributed by atoms with Gasteiger partial charge in [-0.05, 0) is 19.9 Å². The van der Waals surface area contributed by atoms with Crippen molar-refractivity contribution in [2.24, 2.45) is 11.1 Å². The zero-order chi connectivity index (χ0) is 13.8. The van der Waals surface area contributed by atoms with E-state index in [1.165, 1.54) is 0 Å². The topological polar surface area (TPSA) is 64.3 Å². The molecule has 1 aromatic carbocycles. The van der Waals surface area contributed by atoms with E-state index in [-0.39, 0.29) is 10.9 Å². The van der Waals surface area contributed by atoms with Crippen molar-refractivity contribution in [3.63, 3.8) is 0 Å². The number of carbonyl (C=O) groups is 1. The van der Waals surface area contributed by atoms with E-state index in [9.17, 15) is 4.79 Å². The van der Waals surface area contributed by atoms with Gasteiger partial charge in [0.2, 0.25) is 5.91 Å². The molecule has 1 rings (SSSR count). The molecule has 0 saturated heterocycles. The fourth-order valence-corrected chi connectivity index (χ4v) is 1.45. The number of rotatable bonds is 5. The zero-order valence-electron chi connectivity index (χ0n) is 10.8. The van der Waals surface area contributed by atoms with Gasteiger partial charge in [-0.25, -0.2) is 0 Å². The number of nitrogens with two attached hydrogens (primary N) is 1. The van der Waals surface area contributed by atoms with Gasteiger partial charge in [0.25, 0.3) is 0 Å². The van der Waals surface area contributed by atoms with Gasteiger partial charge in [-0.3, -0.25) is 4.79 Å². The molecule has 0 aromatic heterocycles. The minimum Gasteiger partial charge on any atom is -0.496 e. The molecule has 0 atom stereocenters. The lowest BCUT2D eigenvalue weighted by Crippen LogP contribution is -2.44. The second-order valence-electron chi connectivity index (χ2n) is 4.48. The van der Waals surface area contributed by atoms with Crippen LogP contribution in [0.15, 0.2) is 24.3 Å². The number of ether oxygens (including phenoxy) is 1. The first kappa shape index (κ1) is 14.4. The number of para-hydroxylation sites is 1. The van der Waals surface area contributed by atoms with E-state index >= 15 is 0 Å². The van der Waals surface area contributed by atoms with Crippen molar-refractivity contribution in [3.8, 4) is 5.75 Å². The van der Waals surface area contributed by atoms with Gasteiger partial charge in [0.05, 0.1) is 17.5 Å². The molecule has 0 aliphatic heterocycles. The molecule has 0 radical (unpaired) electrons. The number of carbonyl (C=O) groups excluding carboxylic acids is 1. The molecular weight excluding hydrogens is 248 g/mol. The van der Waals surface area contributed by atoms with Gasteiger partial charge in [-0.15, -0.1) is 0 Å². The second-order valence-corrected chi connectivity index (χ2v) is 4.92. The van der Waals surface area contributed by atoms with E-state index < -0.39 is 5.41 Å². The largest absolute Gasteiger partial charge is 0.496 e. The maximum atomic E-state index is 12.0. The number of hydrogen-bond acceptors (Lipinski definition) is 3. The Bertz CT molecular complexity index is 458. The summed E-state index contributed by atoms with van der Waals surface area (Å²) in [6.07, 6.45) is 0. The predicted molar refractivity (Wildman–Crippen MR) is 75.4 cm³/mol. The van der Waals surface area contributed by atoms with Crippen molar-refractivity contribution in [2.45, 2.75) is 20.4 Å². The Morgan fingerprint density at radius 3 is 2.61 bits per heavy atom. The molecule has 18 heavy (non-hydrogen) atoms. The van der Waals surface area contributed by atoms with E-state index in [2.05, 4.69) is 5.32 Å². The minimum atomic E-state index is -0.850. The van der Waals surface area contributed by atoms with Crippen molar-refractivity contribution in [2.75, 3.05) is 7.11 Å². The Kier molecular flexibility index (Phi) is 4.67. The molecule has 3 N–H and O–H groups in total. The summed E-state index contributed by atoms with van der Waals surface area (Å²) < 4.78 is 5.21. The predicted octanol–water partition coefficient (Wildman–Crippen LogP) is 1.62.